The second-order valence-electron chi connectivity index (χ2n) is 10.6. The normalized spacial score (nSPS) is 12.9. The number of sulfonamides is 1. The van der Waals surface area contributed by atoms with E-state index in [0.717, 1.165) is 24.5 Å². The maximum Gasteiger partial charge on any atom is 0.408 e. The quantitative estimate of drug-likeness (QED) is 0.224. The standard InChI is InChI=1S/C27H27BrClF2N5O4S/c1-27(2,3)36(26(37)38)21(10-14-8-16(30)12-17(31)9-14)23-19(11-15(28)13-32-23)18-6-7-20(29)22-24(18)35(4)33-25(22)34-41(5,39)40/h6-9,11-13,21H,10H2,1-5H3,(H,33,34)(H,37,38). The number of hydrogen-bond acceptors (Lipinski definition) is 5. The monoisotopic (exact) mass is 669 g/mol. The first-order valence-corrected chi connectivity index (χ1v) is 15.3. The number of rotatable bonds is 7. The van der Waals surface area contributed by atoms with Crippen molar-refractivity contribution in [3.05, 3.63) is 75.0 Å². The van der Waals surface area contributed by atoms with Gasteiger partial charge in [0.05, 0.1) is 33.9 Å². The maximum absolute atomic E-state index is 14.2. The molecular weight excluding hydrogens is 644 g/mol. The van der Waals surface area contributed by atoms with Crippen LogP contribution >= 0.6 is 27.5 Å². The lowest BCUT2D eigenvalue weighted by Crippen LogP contribution is -2.48. The van der Waals surface area contributed by atoms with Crippen molar-refractivity contribution < 1.29 is 27.1 Å². The van der Waals surface area contributed by atoms with Gasteiger partial charge in [-0.25, -0.2) is 22.0 Å². The molecule has 218 valence electrons. The van der Waals surface area contributed by atoms with Crippen LogP contribution in [0.3, 0.4) is 0 Å². The Morgan fingerprint density at radius 1 is 1.17 bits per heavy atom. The summed E-state index contributed by atoms with van der Waals surface area (Å²) >= 11 is 9.96. The number of nitrogens with zero attached hydrogens (tertiary/aromatic N) is 4. The first-order chi connectivity index (χ1) is 19.0. The van der Waals surface area contributed by atoms with Gasteiger partial charge in [-0.15, -0.1) is 0 Å². The van der Waals surface area contributed by atoms with Gasteiger partial charge in [0.2, 0.25) is 10.0 Å². The zero-order valence-electron chi connectivity index (χ0n) is 22.7. The molecule has 1 unspecified atom stereocenters. The molecule has 2 aromatic carbocycles. The van der Waals surface area contributed by atoms with Crippen molar-refractivity contribution in [2.75, 3.05) is 11.0 Å². The van der Waals surface area contributed by atoms with Crippen molar-refractivity contribution in [2.24, 2.45) is 7.05 Å². The molecule has 0 aliphatic rings. The van der Waals surface area contributed by atoms with Crippen LogP contribution in [0.25, 0.3) is 22.0 Å². The fraction of sp³-hybridized carbons (Fsp3) is 0.296. The van der Waals surface area contributed by atoms with Gasteiger partial charge in [-0.2, -0.15) is 5.10 Å². The molecule has 4 aromatic rings. The number of aryl methyl sites for hydroxylation is 1. The zero-order valence-corrected chi connectivity index (χ0v) is 25.9. The van der Waals surface area contributed by atoms with Crippen LogP contribution in [0.5, 0.6) is 0 Å². The van der Waals surface area contributed by atoms with Gasteiger partial charge in [0.25, 0.3) is 0 Å². The number of carbonyl (C=O) groups is 1. The van der Waals surface area contributed by atoms with Gasteiger partial charge < -0.3 is 5.11 Å². The molecule has 1 amide bonds. The van der Waals surface area contributed by atoms with Crippen LogP contribution in [0.1, 0.15) is 38.1 Å². The summed E-state index contributed by atoms with van der Waals surface area (Å²) in [7, 11) is -2.08. The van der Waals surface area contributed by atoms with Gasteiger partial charge in [0, 0.05) is 40.4 Å². The summed E-state index contributed by atoms with van der Waals surface area (Å²) in [6, 6.07) is 7.08. The van der Waals surface area contributed by atoms with Crippen LogP contribution in [0.15, 0.2) is 47.1 Å². The van der Waals surface area contributed by atoms with E-state index < -0.39 is 39.3 Å². The number of benzene rings is 2. The lowest BCUT2D eigenvalue weighted by atomic mass is 9.91. The Hall–Kier alpha value is -3.29. The van der Waals surface area contributed by atoms with Crippen LogP contribution in [0.2, 0.25) is 5.02 Å². The predicted octanol–water partition coefficient (Wildman–Crippen LogP) is 6.76. The minimum atomic E-state index is -3.69. The van der Waals surface area contributed by atoms with E-state index in [4.69, 9.17) is 11.6 Å². The number of nitrogens with one attached hydrogen (secondary N) is 1. The summed E-state index contributed by atoms with van der Waals surface area (Å²) in [6.07, 6.45) is 1.15. The molecule has 9 nitrogen and oxygen atoms in total. The van der Waals surface area contributed by atoms with Crippen molar-refractivity contribution >= 4 is 60.4 Å². The van der Waals surface area contributed by atoms with Crippen LogP contribution in [0, 0.1) is 11.6 Å². The molecule has 0 fully saturated rings. The smallest absolute Gasteiger partial charge is 0.408 e. The molecule has 2 N–H and O–H groups in total. The fourth-order valence-electron chi connectivity index (χ4n) is 4.92. The van der Waals surface area contributed by atoms with Gasteiger partial charge in [0.15, 0.2) is 5.82 Å². The third-order valence-electron chi connectivity index (χ3n) is 6.30. The molecule has 2 aromatic heterocycles. The van der Waals surface area contributed by atoms with E-state index in [1.165, 1.54) is 15.8 Å². The van der Waals surface area contributed by atoms with Crippen LogP contribution in [-0.2, 0) is 23.5 Å². The number of hydrogen-bond donors (Lipinski definition) is 2. The number of carboxylic acid groups (broad SMARTS) is 1. The van der Waals surface area contributed by atoms with Crippen molar-refractivity contribution in [1.82, 2.24) is 19.7 Å². The predicted molar refractivity (Wildman–Crippen MR) is 158 cm³/mol. The molecule has 4 rings (SSSR count). The molecule has 0 radical (unpaired) electrons. The van der Waals surface area contributed by atoms with Crippen molar-refractivity contribution in [1.29, 1.82) is 0 Å². The summed E-state index contributed by atoms with van der Waals surface area (Å²) in [4.78, 5) is 18.5. The molecule has 0 bridgehead atoms. The number of fused-ring (bicyclic) bond motifs is 1. The number of aromatic nitrogens is 3. The number of anilines is 1. The molecule has 0 aliphatic heterocycles. The molecule has 1 atom stereocenters. The highest BCUT2D eigenvalue weighted by Gasteiger charge is 2.37. The van der Waals surface area contributed by atoms with Crippen molar-refractivity contribution in [2.45, 2.75) is 38.8 Å². The zero-order chi connectivity index (χ0) is 30.4. The van der Waals surface area contributed by atoms with E-state index in [9.17, 15) is 27.1 Å². The molecule has 0 saturated carbocycles. The lowest BCUT2D eigenvalue weighted by molar-refractivity contribution is 0.0684. The van der Waals surface area contributed by atoms with Crippen LogP contribution in [-0.4, -0.2) is 51.1 Å². The molecule has 14 heteroatoms. The molecular formula is C27H27BrClF2N5O4S. The lowest BCUT2D eigenvalue weighted by Gasteiger charge is -2.40. The van der Waals surface area contributed by atoms with Crippen molar-refractivity contribution in [3.63, 3.8) is 0 Å². The highest BCUT2D eigenvalue weighted by atomic mass is 79.9. The van der Waals surface area contributed by atoms with Crippen molar-refractivity contribution in [3.8, 4) is 11.1 Å². The molecule has 0 saturated heterocycles. The maximum atomic E-state index is 14.2. The van der Waals surface area contributed by atoms with Gasteiger partial charge in [0.1, 0.15) is 11.6 Å². The van der Waals surface area contributed by atoms with E-state index in [-0.39, 0.29) is 22.8 Å². The number of halogens is 4. The average Bonchev–Trinajstić information content (AvgIpc) is 3.12. The van der Waals surface area contributed by atoms with E-state index in [0.29, 0.717) is 32.2 Å². The summed E-state index contributed by atoms with van der Waals surface area (Å²) in [6.45, 7) is 5.14. The van der Waals surface area contributed by atoms with Crippen LogP contribution in [0.4, 0.5) is 19.4 Å². The first-order valence-electron chi connectivity index (χ1n) is 12.2. The fourth-order valence-corrected chi connectivity index (χ4v) is 5.99. The Bertz CT molecular complexity index is 1760. The van der Waals surface area contributed by atoms with E-state index >= 15 is 0 Å². The number of amides is 1. The third-order valence-corrected chi connectivity index (χ3v) is 7.62. The molecule has 0 spiro atoms. The summed E-state index contributed by atoms with van der Waals surface area (Å²) in [5.74, 6) is -1.56. The molecule has 41 heavy (non-hydrogen) atoms. The molecule has 0 aliphatic carbocycles. The Balaban J connectivity index is 2.04. The van der Waals surface area contributed by atoms with E-state index in [1.807, 2.05) is 0 Å². The highest BCUT2D eigenvalue weighted by molar-refractivity contribution is 9.10. The van der Waals surface area contributed by atoms with Gasteiger partial charge >= 0.3 is 6.09 Å². The Morgan fingerprint density at radius 3 is 2.37 bits per heavy atom. The molecule has 2 heterocycles. The number of pyridine rings is 1. The second-order valence-corrected chi connectivity index (χ2v) is 13.6. The van der Waals surface area contributed by atoms with Gasteiger partial charge in [-0.1, -0.05) is 17.7 Å². The summed E-state index contributed by atoms with van der Waals surface area (Å²) in [5, 5.41) is 15.3. The minimum Gasteiger partial charge on any atom is -0.465 e. The van der Waals surface area contributed by atoms with Crippen LogP contribution < -0.4 is 4.72 Å². The van der Waals surface area contributed by atoms with E-state index in [1.54, 1.807) is 46.0 Å². The topological polar surface area (TPSA) is 117 Å². The summed E-state index contributed by atoms with van der Waals surface area (Å²) < 4.78 is 56.8. The van der Waals surface area contributed by atoms with Gasteiger partial charge in [-0.05, 0) is 73.0 Å². The van der Waals surface area contributed by atoms with E-state index in [2.05, 4.69) is 30.7 Å². The minimum absolute atomic E-state index is 0.0231. The first kappa shape index (κ1) is 30.7. The third kappa shape index (κ3) is 6.62. The average molecular weight is 671 g/mol. The Kier molecular flexibility index (Phi) is 8.36. The Labute approximate surface area is 249 Å². The second kappa shape index (κ2) is 11.2. The highest BCUT2D eigenvalue weighted by Crippen LogP contribution is 2.42. The largest absolute Gasteiger partial charge is 0.465 e. The van der Waals surface area contributed by atoms with Gasteiger partial charge in [-0.3, -0.25) is 19.3 Å². The SMILES string of the molecule is Cn1nc(NS(C)(=O)=O)c2c(Cl)ccc(-c3cc(Br)cnc3C(Cc3cc(F)cc(F)c3)N(C(=O)O)C(C)(C)C)c21. The Morgan fingerprint density at radius 2 is 1.80 bits per heavy atom. The summed E-state index contributed by atoms with van der Waals surface area (Å²) in [5.41, 5.74) is 1.06.